The molecule has 1 fully saturated rings. The second-order valence-corrected chi connectivity index (χ2v) is 9.79. The van der Waals surface area contributed by atoms with Crippen LogP contribution in [0, 0.1) is 11.7 Å². The van der Waals surface area contributed by atoms with Crippen molar-refractivity contribution in [3.63, 3.8) is 0 Å². The van der Waals surface area contributed by atoms with Crippen LogP contribution in [0.4, 0.5) is 21.7 Å². The van der Waals surface area contributed by atoms with Gasteiger partial charge in [0.25, 0.3) is 0 Å². The Balaban J connectivity index is 0.000000192. The van der Waals surface area contributed by atoms with Crippen molar-refractivity contribution in [1.82, 2.24) is 20.2 Å². The summed E-state index contributed by atoms with van der Waals surface area (Å²) in [5, 5.41) is 16.0. The van der Waals surface area contributed by atoms with Gasteiger partial charge < -0.3 is 31.3 Å². The smallest absolute Gasteiger partial charge is 0.220 e. The maximum absolute atomic E-state index is 14.5. The summed E-state index contributed by atoms with van der Waals surface area (Å²) in [5.74, 6) is 0.466. The molecular formula is C24H33ClFN7O. The molecule has 0 saturated heterocycles. The predicted molar refractivity (Wildman–Crippen MR) is 135 cm³/mol. The van der Waals surface area contributed by atoms with Crippen molar-refractivity contribution in [3.8, 4) is 11.3 Å². The van der Waals surface area contributed by atoms with Gasteiger partial charge >= 0.3 is 0 Å². The van der Waals surface area contributed by atoms with Crippen LogP contribution >= 0.6 is 11.6 Å². The molecule has 184 valence electrons. The van der Waals surface area contributed by atoms with Crippen molar-refractivity contribution >= 4 is 28.9 Å². The fraction of sp³-hybridized carbons (Fsp3) is 0.500. The summed E-state index contributed by atoms with van der Waals surface area (Å²) in [5.41, 5.74) is 7.93. The van der Waals surface area contributed by atoms with Gasteiger partial charge in [0.05, 0.1) is 47.2 Å². The van der Waals surface area contributed by atoms with Gasteiger partial charge in [0, 0.05) is 30.5 Å². The predicted octanol–water partition coefficient (Wildman–Crippen LogP) is 3.99. The summed E-state index contributed by atoms with van der Waals surface area (Å²) < 4.78 is 14.5. The van der Waals surface area contributed by atoms with Gasteiger partial charge in [-0.1, -0.05) is 11.6 Å². The molecule has 3 heterocycles. The highest BCUT2D eigenvalue weighted by Crippen LogP contribution is 2.41. The zero-order valence-corrected chi connectivity index (χ0v) is 20.6. The number of nitrogen functional groups attached to an aromatic ring is 1. The third kappa shape index (κ3) is 5.31. The van der Waals surface area contributed by atoms with Crippen molar-refractivity contribution in [2.75, 3.05) is 29.2 Å². The van der Waals surface area contributed by atoms with Crippen LogP contribution in [0.3, 0.4) is 0 Å². The average molecular weight is 490 g/mol. The van der Waals surface area contributed by atoms with E-state index in [0.717, 1.165) is 31.7 Å². The number of rotatable bonds is 4. The minimum absolute atomic E-state index is 0.0192. The Morgan fingerprint density at radius 3 is 2.76 bits per heavy atom. The Kier molecular flexibility index (Phi) is 7.33. The van der Waals surface area contributed by atoms with E-state index in [4.69, 9.17) is 17.3 Å². The Hall–Kier alpha value is -2.78. The van der Waals surface area contributed by atoms with Crippen LogP contribution in [0.15, 0.2) is 30.7 Å². The van der Waals surface area contributed by atoms with Crippen molar-refractivity contribution in [3.05, 3.63) is 41.6 Å². The van der Waals surface area contributed by atoms with Crippen molar-refractivity contribution < 1.29 is 9.50 Å². The van der Waals surface area contributed by atoms with Crippen molar-refractivity contribution in [2.45, 2.75) is 58.3 Å². The molecule has 0 bridgehead atoms. The van der Waals surface area contributed by atoms with E-state index < -0.39 is 0 Å². The molecule has 1 aromatic carbocycles. The molecule has 1 aromatic heterocycles. The summed E-state index contributed by atoms with van der Waals surface area (Å²) in [7, 11) is 0. The molecule has 8 nitrogen and oxygen atoms in total. The molecule has 3 aliphatic rings. The van der Waals surface area contributed by atoms with Crippen molar-refractivity contribution in [2.24, 2.45) is 5.92 Å². The number of aliphatic hydroxyl groups excluding tert-OH is 1. The van der Waals surface area contributed by atoms with Gasteiger partial charge in [-0.05, 0) is 58.1 Å². The normalized spacial score (nSPS) is 23.0. The molecule has 1 aliphatic carbocycles. The first-order valence-electron chi connectivity index (χ1n) is 11.7. The molecule has 3 atom stereocenters. The fourth-order valence-corrected chi connectivity index (χ4v) is 5.12. The third-order valence-corrected chi connectivity index (χ3v) is 6.69. The first-order valence-corrected chi connectivity index (χ1v) is 12.1. The molecule has 1 saturated carbocycles. The van der Waals surface area contributed by atoms with E-state index in [2.05, 4.69) is 50.4 Å². The minimum Gasteiger partial charge on any atom is -0.393 e. The van der Waals surface area contributed by atoms with Gasteiger partial charge in [-0.15, -0.1) is 0 Å². The zero-order chi connectivity index (χ0) is 24.4. The van der Waals surface area contributed by atoms with Gasteiger partial charge in [-0.2, -0.15) is 0 Å². The Labute approximate surface area is 205 Å². The topological polar surface area (TPSA) is 103 Å². The molecule has 10 heteroatoms. The number of aromatic nitrogens is 2. The molecule has 34 heavy (non-hydrogen) atoms. The van der Waals surface area contributed by atoms with E-state index in [1.54, 1.807) is 0 Å². The van der Waals surface area contributed by atoms with Crippen LogP contribution in [0.5, 0.6) is 0 Å². The lowest BCUT2D eigenvalue weighted by molar-refractivity contribution is 0.174. The van der Waals surface area contributed by atoms with E-state index in [-0.39, 0.29) is 30.1 Å². The van der Waals surface area contributed by atoms with E-state index in [9.17, 15) is 9.50 Å². The summed E-state index contributed by atoms with van der Waals surface area (Å²) in [4.78, 5) is 12.3. The van der Waals surface area contributed by atoms with Gasteiger partial charge in [0.15, 0.2) is 0 Å². The number of anilines is 3. The average Bonchev–Trinajstić information content (AvgIpc) is 3.51. The van der Waals surface area contributed by atoms with E-state index in [0.29, 0.717) is 27.9 Å². The van der Waals surface area contributed by atoms with Crippen LogP contribution in [-0.4, -0.2) is 51.5 Å². The van der Waals surface area contributed by atoms with Gasteiger partial charge in [-0.25, -0.2) is 14.4 Å². The number of benzene rings is 1. The van der Waals surface area contributed by atoms with Crippen LogP contribution in [0.1, 0.15) is 40.0 Å². The molecular weight excluding hydrogens is 457 g/mol. The van der Waals surface area contributed by atoms with Crippen LogP contribution in [-0.2, 0) is 0 Å². The van der Waals surface area contributed by atoms with Gasteiger partial charge in [0.1, 0.15) is 5.82 Å². The third-order valence-electron chi connectivity index (χ3n) is 6.41. The molecule has 0 amide bonds. The molecule has 3 unspecified atom stereocenters. The molecule has 5 N–H and O–H groups in total. The number of halogens is 2. The number of fused-ring (bicyclic) bond motifs is 1. The maximum Gasteiger partial charge on any atom is 0.220 e. The lowest BCUT2D eigenvalue weighted by Gasteiger charge is -2.28. The van der Waals surface area contributed by atoms with Crippen LogP contribution < -0.4 is 21.3 Å². The minimum atomic E-state index is -0.337. The second-order valence-electron chi connectivity index (χ2n) is 9.38. The van der Waals surface area contributed by atoms with E-state index >= 15 is 0 Å². The lowest BCUT2D eigenvalue weighted by Crippen LogP contribution is -2.38. The quantitative estimate of drug-likeness (QED) is 0.511. The van der Waals surface area contributed by atoms with Crippen LogP contribution in [0.25, 0.3) is 11.3 Å². The number of nitrogens with two attached hydrogens (primary N) is 1. The number of nitrogens with one attached hydrogen (secondary N) is 2. The number of hydrogen-bond acceptors (Lipinski definition) is 8. The highest BCUT2D eigenvalue weighted by Gasteiger charge is 2.30. The Morgan fingerprint density at radius 2 is 2.12 bits per heavy atom. The standard InChI is InChI=1S/C15H17ClFN5.C9H16N2O/c1-7(2)22-8(3)20-14-11(17)4-9(5-12(14)22)13-10(16)6-19-15(18)21-13;12-9-2-1-8(5-9)6-11-4-3-10-7-11/h4-8,20H,1-3H3,(H2,18,19,21);3-4,8-10,12H,1-2,5-7H2. The number of aliphatic hydroxyl groups is 1. The number of hydrogen-bond donors (Lipinski definition) is 4. The Bertz CT molecular complexity index is 1050. The first kappa shape index (κ1) is 24.3. The summed E-state index contributed by atoms with van der Waals surface area (Å²) in [6.45, 7) is 8.16. The summed E-state index contributed by atoms with van der Waals surface area (Å²) in [6, 6.07) is 3.52. The monoisotopic (exact) mass is 489 g/mol. The Morgan fingerprint density at radius 1 is 1.32 bits per heavy atom. The SMILES string of the molecule is CC(C)N1c2cc(-c3nc(N)ncc3Cl)cc(F)c2NC1C.OC1CCC(CN2C=CNC2)C1. The lowest BCUT2D eigenvalue weighted by atomic mass is 10.1. The van der Waals surface area contributed by atoms with Crippen molar-refractivity contribution in [1.29, 1.82) is 0 Å². The second kappa shape index (κ2) is 10.2. The fourth-order valence-electron chi connectivity index (χ4n) is 4.92. The number of nitrogens with zero attached hydrogens (tertiary/aromatic N) is 4. The maximum atomic E-state index is 14.5. The van der Waals surface area contributed by atoms with Crippen LogP contribution in [0.2, 0.25) is 5.02 Å². The summed E-state index contributed by atoms with van der Waals surface area (Å²) in [6.07, 6.45) is 8.65. The largest absolute Gasteiger partial charge is 0.393 e. The van der Waals surface area contributed by atoms with Gasteiger partial charge in [-0.3, -0.25) is 0 Å². The van der Waals surface area contributed by atoms with E-state index in [1.807, 2.05) is 19.2 Å². The highest BCUT2D eigenvalue weighted by molar-refractivity contribution is 6.33. The van der Waals surface area contributed by atoms with E-state index in [1.165, 1.54) is 18.7 Å². The zero-order valence-electron chi connectivity index (χ0n) is 19.8. The molecule has 2 aromatic rings. The van der Waals surface area contributed by atoms with Gasteiger partial charge in [0.2, 0.25) is 5.95 Å². The molecule has 0 radical (unpaired) electrons. The molecule has 2 aliphatic heterocycles. The first-order chi connectivity index (χ1) is 16.2. The molecule has 5 rings (SSSR count). The highest BCUT2D eigenvalue weighted by atomic mass is 35.5. The summed E-state index contributed by atoms with van der Waals surface area (Å²) >= 11 is 6.13. The molecule has 0 spiro atoms.